The van der Waals surface area contributed by atoms with Gasteiger partial charge in [0.25, 0.3) is 0 Å². The molecular weight excluding hydrogens is 408 g/mol. The molecule has 0 amide bonds. The van der Waals surface area contributed by atoms with Crippen LogP contribution in [0.4, 0.5) is 0 Å². The van der Waals surface area contributed by atoms with Crippen molar-refractivity contribution in [3.63, 3.8) is 0 Å². The van der Waals surface area contributed by atoms with Gasteiger partial charge in [0.2, 0.25) is 0 Å². The molecule has 0 spiro atoms. The first kappa shape index (κ1) is 20.1. The van der Waals surface area contributed by atoms with Crippen LogP contribution in [-0.2, 0) is 25.7 Å². The van der Waals surface area contributed by atoms with Gasteiger partial charge in [0, 0.05) is 47.2 Å². The Morgan fingerprint density at radius 2 is 0.900 bits per heavy atom. The van der Waals surface area contributed by atoms with Crippen molar-refractivity contribution in [3.8, 4) is 0 Å². The molecule has 0 bridgehead atoms. The number of benzene rings is 1. The minimum absolute atomic E-state index is 1.02. The maximum atomic E-state index is 6.35. The lowest BCUT2D eigenvalue weighted by Crippen LogP contribution is -1.81. The summed E-state index contributed by atoms with van der Waals surface area (Å²) in [6, 6.07) is 4.69. The second-order valence-corrected chi connectivity index (χ2v) is 10.4. The van der Waals surface area contributed by atoms with Crippen LogP contribution in [-0.4, -0.2) is 0 Å². The van der Waals surface area contributed by atoms with Crippen LogP contribution in [0.25, 0.3) is 40.3 Å². The first-order chi connectivity index (χ1) is 14.7. The molecule has 4 heteroatoms. The summed E-state index contributed by atoms with van der Waals surface area (Å²) in [6.07, 6.45) is 8.54. The molecule has 0 saturated carbocycles. The summed E-state index contributed by atoms with van der Waals surface area (Å²) in [6.45, 7) is 8.94. The fourth-order valence-electron chi connectivity index (χ4n) is 4.74. The van der Waals surface area contributed by atoms with Gasteiger partial charge in [0.1, 0.15) is 23.0 Å². The number of fused-ring (bicyclic) bond motifs is 7. The number of thiophene rings is 2. The first-order valence-electron chi connectivity index (χ1n) is 11.5. The molecule has 5 rings (SSSR count). The quantitative estimate of drug-likeness (QED) is 0.241. The van der Waals surface area contributed by atoms with Gasteiger partial charge in [-0.05, 0) is 25.7 Å². The van der Waals surface area contributed by atoms with E-state index in [0.29, 0.717) is 0 Å². The van der Waals surface area contributed by atoms with Crippen LogP contribution in [0, 0.1) is 0 Å². The summed E-state index contributed by atoms with van der Waals surface area (Å²) in [5.41, 5.74) is 0. The van der Waals surface area contributed by atoms with Crippen molar-refractivity contribution in [1.82, 2.24) is 0 Å². The molecule has 0 aliphatic rings. The van der Waals surface area contributed by atoms with Gasteiger partial charge in [-0.1, -0.05) is 39.8 Å². The van der Waals surface area contributed by atoms with E-state index in [9.17, 15) is 0 Å². The van der Waals surface area contributed by atoms with E-state index in [1.54, 1.807) is 0 Å². The Hall–Kier alpha value is -1.78. The number of hydrogen-bond acceptors (Lipinski definition) is 4. The summed E-state index contributed by atoms with van der Waals surface area (Å²) in [5, 5.41) is 5.52. The molecule has 0 atom stereocenters. The fraction of sp³-hybridized carbons (Fsp3) is 0.462. The molecule has 0 aliphatic heterocycles. The van der Waals surface area contributed by atoms with E-state index in [-0.39, 0.29) is 0 Å². The van der Waals surface area contributed by atoms with Gasteiger partial charge < -0.3 is 8.83 Å². The second-order valence-electron chi connectivity index (χ2n) is 8.33. The lowest BCUT2D eigenvalue weighted by molar-refractivity contribution is 0.466. The predicted octanol–water partition coefficient (Wildman–Crippen LogP) is 9.42. The molecule has 158 valence electrons. The van der Waals surface area contributed by atoms with Crippen LogP contribution >= 0.6 is 22.7 Å². The summed E-state index contributed by atoms with van der Waals surface area (Å²) >= 11 is 3.90. The number of hydrogen-bond donors (Lipinski definition) is 0. The molecule has 0 radical (unpaired) electrons. The average molecular weight is 439 g/mol. The van der Waals surface area contributed by atoms with E-state index in [4.69, 9.17) is 8.83 Å². The highest BCUT2D eigenvalue weighted by molar-refractivity contribution is 7.33. The monoisotopic (exact) mass is 438 g/mol. The van der Waals surface area contributed by atoms with Crippen molar-refractivity contribution in [2.24, 2.45) is 0 Å². The lowest BCUT2D eigenvalue weighted by Gasteiger charge is -1.99. The van der Waals surface area contributed by atoms with E-state index < -0.39 is 0 Å². The topological polar surface area (TPSA) is 26.3 Å². The maximum absolute atomic E-state index is 6.35. The highest BCUT2D eigenvalue weighted by atomic mass is 32.1. The molecule has 2 nitrogen and oxygen atoms in total. The number of furan rings is 2. The Morgan fingerprint density at radius 1 is 0.533 bits per heavy atom. The van der Waals surface area contributed by atoms with Crippen molar-refractivity contribution in [2.45, 2.75) is 79.1 Å². The normalized spacial score (nSPS) is 12.4. The molecule has 1 aromatic carbocycles. The van der Waals surface area contributed by atoms with Crippen molar-refractivity contribution >= 4 is 63.0 Å². The molecule has 0 saturated heterocycles. The molecule has 4 aromatic heterocycles. The Balaban J connectivity index is 1.84. The van der Waals surface area contributed by atoms with E-state index in [0.717, 1.165) is 51.4 Å². The molecule has 4 heterocycles. The summed E-state index contributed by atoms with van der Waals surface area (Å²) < 4.78 is 18.3. The van der Waals surface area contributed by atoms with E-state index in [1.165, 1.54) is 63.4 Å². The van der Waals surface area contributed by atoms with Gasteiger partial charge in [0.05, 0.1) is 18.8 Å². The van der Waals surface area contributed by atoms with E-state index >= 15 is 0 Å². The Kier molecular flexibility index (Phi) is 5.40. The van der Waals surface area contributed by atoms with Gasteiger partial charge in [-0.3, -0.25) is 0 Å². The zero-order valence-electron chi connectivity index (χ0n) is 18.4. The van der Waals surface area contributed by atoms with Crippen LogP contribution in [0.15, 0.2) is 21.0 Å². The molecule has 0 aliphatic carbocycles. The third kappa shape index (κ3) is 2.95. The van der Waals surface area contributed by atoms with E-state index in [1.807, 2.05) is 22.7 Å². The lowest BCUT2D eigenvalue weighted by atomic mass is 10.1. The van der Waals surface area contributed by atoms with Crippen LogP contribution in [0.2, 0.25) is 0 Å². The van der Waals surface area contributed by atoms with Crippen molar-refractivity contribution in [3.05, 3.63) is 35.2 Å². The SMILES string of the molecule is CCCc1oc(CCC)c2c1sc1c2ccc2c1sc1c(CCC)oc(CCC)c12. The minimum atomic E-state index is 1.02. The number of rotatable bonds is 8. The highest BCUT2D eigenvalue weighted by Crippen LogP contribution is 2.49. The Bertz CT molecular complexity index is 1240. The highest BCUT2D eigenvalue weighted by Gasteiger charge is 2.23. The molecule has 0 unspecified atom stereocenters. The van der Waals surface area contributed by atoms with Crippen LogP contribution in [0.5, 0.6) is 0 Å². The first-order valence-corrected chi connectivity index (χ1v) is 13.2. The Morgan fingerprint density at radius 3 is 1.27 bits per heavy atom. The van der Waals surface area contributed by atoms with Gasteiger partial charge >= 0.3 is 0 Å². The zero-order valence-corrected chi connectivity index (χ0v) is 20.1. The molecule has 0 N–H and O–H groups in total. The summed E-state index contributed by atoms with van der Waals surface area (Å²) in [7, 11) is 0. The van der Waals surface area contributed by atoms with Crippen LogP contribution in [0.3, 0.4) is 0 Å². The standard InChI is InChI=1S/C26H30O2S2/c1-5-9-17-21-15-13-14-16-22-18(10-6-2)28-20(12-8-4)26(22)30-24(16)23(15)29-25(21)19(27-17)11-7-3/h13-14H,5-12H2,1-4H3. The van der Waals surface area contributed by atoms with E-state index in [2.05, 4.69) is 39.8 Å². The largest absolute Gasteiger partial charge is 0.464 e. The number of aryl methyl sites for hydroxylation is 4. The van der Waals surface area contributed by atoms with Gasteiger partial charge in [0.15, 0.2) is 0 Å². The predicted molar refractivity (Wildman–Crippen MR) is 133 cm³/mol. The average Bonchev–Trinajstić information content (AvgIpc) is 3.45. The fourth-order valence-corrected chi connectivity index (χ4v) is 7.53. The van der Waals surface area contributed by atoms with Crippen LogP contribution in [0.1, 0.15) is 76.4 Å². The maximum Gasteiger partial charge on any atom is 0.122 e. The third-order valence-corrected chi connectivity index (χ3v) is 8.64. The third-order valence-electron chi connectivity index (χ3n) is 5.98. The smallest absolute Gasteiger partial charge is 0.122 e. The van der Waals surface area contributed by atoms with Crippen molar-refractivity contribution < 1.29 is 8.83 Å². The Labute approximate surface area is 185 Å². The van der Waals surface area contributed by atoms with Gasteiger partial charge in [-0.15, -0.1) is 22.7 Å². The second kappa shape index (κ2) is 8.05. The van der Waals surface area contributed by atoms with Crippen molar-refractivity contribution in [1.29, 1.82) is 0 Å². The molecule has 30 heavy (non-hydrogen) atoms. The van der Waals surface area contributed by atoms with Gasteiger partial charge in [-0.2, -0.15) is 0 Å². The van der Waals surface area contributed by atoms with Crippen molar-refractivity contribution in [2.75, 3.05) is 0 Å². The minimum Gasteiger partial charge on any atom is -0.464 e. The summed E-state index contributed by atoms with van der Waals surface area (Å²) in [4.78, 5) is 0. The molecule has 0 fully saturated rings. The molecule has 5 aromatic rings. The van der Waals surface area contributed by atoms with Crippen LogP contribution < -0.4 is 0 Å². The molecular formula is C26H30O2S2. The van der Waals surface area contributed by atoms with Gasteiger partial charge in [-0.25, -0.2) is 0 Å². The summed E-state index contributed by atoms with van der Waals surface area (Å²) in [5.74, 6) is 4.75. The zero-order chi connectivity index (χ0) is 20.8.